The van der Waals surface area contributed by atoms with Crippen molar-refractivity contribution in [1.82, 2.24) is 9.97 Å². The van der Waals surface area contributed by atoms with Crippen LogP contribution in [-0.2, 0) is 6.42 Å². The van der Waals surface area contributed by atoms with Crippen molar-refractivity contribution in [3.8, 4) is 0 Å². The number of aliphatic hydroxyl groups is 1. The second kappa shape index (κ2) is 5.47. The number of aromatic nitrogens is 2. The Labute approximate surface area is 86.4 Å². The van der Waals surface area contributed by atoms with Crippen LogP contribution in [0.2, 0.25) is 0 Å². The van der Waals surface area contributed by atoms with Crippen LogP contribution in [0, 0.1) is 0 Å². The fourth-order valence-electron chi connectivity index (χ4n) is 0.871. The van der Waals surface area contributed by atoms with Crippen molar-refractivity contribution in [2.45, 2.75) is 16.5 Å². The van der Waals surface area contributed by atoms with Crippen molar-refractivity contribution in [2.24, 2.45) is 0 Å². The lowest BCUT2D eigenvalue weighted by molar-refractivity contribution is 0.296. The van der Waals surface area contributed by atoms with Gasteiger partial charge in [0, 0.05) is 12.5 Å². The van der Waals surface area contributed by atoms with E-state index in [-0.39, 0.29) is 6.61 Å². The second-order valence-electron chi connectivity index (χ2n) is 2.34. The maximum absolute atomic E-state index is 8.75. The van der Waals surface area contributed by atoms with Crippen LogP contribution < -0.4 is 0 Å². The first kappa shape index (κ1) is 10.8. The van der Waals surface area contributed by atoms with Crippen LogP contribution in [0.15, 0.2) is 16.1 Å². The Kier molecular flexibility index (Phi) is 4.55. The normalized spacial score (nSPS) is 10.4. The first-order chi connectivity index (χ1) is 6.30. The Balaban J connectivity index is 2.93. The predicted octanol–water partition coefficient (Wildman–Crippen LogP) is 1.46. The van der Waals surface area contributed by atoms with Crippen LogP contribution in [0.3, 0.4) is 0 Å². The van der Waals surface area contributed by atoms with Crippen molar-refractivity contribution in [2.75, 3.05) is 19.1 Å². The molecule has 1 N–H and O–H groups in total. The van der Waals surface area contributed by atoms with Crippen LogP contribution in [0.4, 0.5) is 0 Å². The molecular weight excluding hydrogens is 204 g/mol. The quantitative estimate of drug-likeness (QED) is 0.610. The minimum absolute atomic E-state index is 0.103. The molecule has 1 rings (SSSR count). The molecule has 0 bridgehead atoms. The summed E-state index contributed by atoms with van der Waals surface area (Å²) in [5, 5.41) is 10.7. The fraction of sp³-hybridized carbons (Fsp3) is 0.500. The second-order valence-corrected chi connectivity index (χ2v) is 4.00. The van der Waals surface area contributed by atoms with E-state index in [4.69, 9.17) is 5.11 Å². The van der Waals surface area contributed by atoms with Crippen LogP contribution in [0.1, 0.15) is 5.82 Å². The smallest absolute Gasteiger partial charge is 0.133 e. The summed E-state index contributed by atoms with van der Waals surface area (Å²) < 4.78 is 0. The van der Waals surface area contributed by atoms with E-state index < -0.39 is 0 Å². The van der Waals surface area contributed by atoms with E-state index in [0.717, 1.165) is 15.9 Å². The van der Waals surface area contributed by atoms with Gasteiger partial charge in [-0.3, -0.25) is 0 Å². The zero-order valence-corrected chi connectivity index (χ0v) is 9.28. The third kappa shape index (κ3) is 3.17. The van der Waals surface area contributed by atoms with Gasteiger partial charge >= 0.3 is 0 Å². The van der Waals surface area contributed by atoms with Crippen LogP contribution in [0.25, 0.3) is 0 Å². The highest BCUT2D eigenvalue weighted by atomic mass is 32.2. The van der Waals surface area contributed by atoms with E-state index in [1.54, 1.807) is 23.5 Å². The van der Waals surface area contributed by atoms with Gasteiger partial charge in [0.15, 0.2) is 0 Å². The Morgan fingerprint density at radius 1 is 1.23 bits per heavy atom. The number of thioether (sulfide) groups is 2. The molecule has 1 aromatic rings. The molecule has 5 heteroatoms. The standard InChI is InChI=1S/C8H12N2OS2/c1-12-7-5-8(13-2)10-6(9-7)3-4-11/h5,11H,3-4H2,1-2H3. The lowest BCUT2D eigenvalue weighted by Gasteiger charge is -2.03. The molecule has 72 valence electrons. The molecule has 0 atom stereocenters. The molecular formula is C8H12N2OS2. The van der Waals surface area contributed by atoms with Gasteiger partial charge in [-0.25, -0.2) is 9.97 Å². The van der Waals surface area contributed by atoms with Gasteiger partial charge < -0.3 is 5.11 Å². The molecule has 0 saturated carbocycles. The fourth-order valence-corrected chi connectivity index (χ4v) is 1.80. The highest BCUT2D eigenvalue weighted by molar-refractivity contribution is 7.99. The summed E-state index contributed by atoms with van der Waals surface area (Å²) in [5.41, 5.74) is 0. The number of hydrogen-bond donors (Lipinski definition) is 1. The minimum atomic E-state index is 0.103. The molecule has 0 unspecified atom stereocenters. The van der Waals surface area contributed by atoms with Gasteiger partial charge in [0.05, 0.1) is 6.61 Å². The summed E-state index contributed by atoms with van der Waals surface area (Å²) in [4.78, 5) is 8.54. The minimum Gasteiger partial charge on any atom is -0.396 e. The summed E-state index contributed by atoms with van der Waals surface area (Å²) in [7, 11) is 0. The highest BCUT2D eigenvalue weighted by Gasteiger charge is 2.02. The maximum Gasteiger partial charge on any atom is 0.133 e. The largest absolute Gasteiger partial charge is 0.396 e. The van der Waals surface area contributed by atoms with E-state index in [0.29, 0.717) is 6.42 Å². The molecule has 0 fully saturated rings. The summed E-state index contributed by atoms with van der Waals surface area (Å²) >= 11 is 3.18. The first-order valence-corrected chi connectivity index (χ1v) is 6.32. The van der Waals surface area contributed by atoms with Crippen molar-refractivity contribution in [1.29, 1.82) is 0 Å². The van der Waals surface area contributed by atoms with Crippen molar-refractivity contribution in [3.05, 3.63) is 11.9 Å². The molecule has 13 heavy (non-hydrogen) atoms. The lowest BCUT2D eigenvalue weighted by Crippen LogP contribution is -2.00. The van der Waals surface area contributed by atoms with E-state index in [1.165, 1.54) is 0 Å². The average Bonchev–Trinajstić information content (AvgIpc) is 2.17. The molecule has 3 nitrogen and oxygen atoms in total. The molecule has 0 radical (unpaired) electrons. The number of rotatable bonds is 4. The van der Waals surface area contributed by atoms with Crippen LogP contribution in [-0.4, -0.2) is 34.2 Å². The zero-order valence-electron chi connectivity index (χ0n) is 7.65. The third-order valence-corrected chi connectivity index (χ3v) is 2.73. The maximum atomic E-state index is 8.75. The summed E-state index contributed by atoms with van der Waals surface area (Å²) in [6, 6.07) is 1.95. The van der Waals surface area contributed by atoms with E-state index >= 15 is 0 Å². The number of hydrogen-bond acceptors (Lipinski definition) is 5. The Morgan fingerprint density at radius 3 is 2.15 bits per heavy atom. The van der Waals surface area contributed by atoms with Gasteiger partial charge in [0.1, 0.15) is 15.9 Å². The van der Waals surface area contributed by atoms with Gasteiger partial charge in [0.2, 0.25) is 0 Å². The van der Waals surface area contributed by atoms with Gasteiger partial charge in [-0.05, 0) is 12.5 Å². The van der Waals surface area contributed by atoms with E-state index in [2.05, 4.69) is 9.97 Å². The van der Waals surface area contributed by atoms with Crippen LogP contribution in [0.5, 0.6) is 0 Å². The van der Waals surface area contributed by atoms with Gasteiger partial charge in [-0.2, -0.15) is 0 Å². The summed E-state index contributed by atoms with van der Waals surface area (Å²) in [6.45, 7) is 0.103. The van der Waals surface area contributed by atoms with Crippen molar-refractivity contribution >= 4 is 23.5 Å². The Hall–Kier alpha value is -0.260. The molecule has 0 aliphatic rings. The Bertz CT molecular complexity index is 259. The van der Waals surface area contributed by atoms with Gasteiger partial charge in [-0.1, -0.05) is 0 Å². The first-order valence-electron chi connectivity index (χ1n) is 3.87. The van der Waals surface area contributed by atoms with E-state index in [1.807, 2.05) is 18.6 Å². The zero-order chi connectivity index (χ0) is 9.68. The van der Waals surface area contributed by atoms with Gasteiger partial charge in [0.25, 0.3) is 0 Å². The molecule has 0 amide bonds. The molecule has 0 aliphatic carbocycles. The summed E-state index contributed by atoms with van der Waals surface area (Å²) in [5.74, 6) is 0.721. The lowest BCUT2D eigenvalue weighted by atomic mass is 10.4. The average molecular weight is 216 g/mol. The molecule has 1 heterocycles. The van der Waals surface area contributed by atoms with E-state index in [9.17, 15) is 0 Å². The monoisotopic (exact) mass is 216 g/mol. The molecule has 0 aliphatic heterocycles. The molecule has 0 saturated heterocycles. The predicted molar refractivity (Wildman–Crippen MR) is 56.4 cm³/mol. The molecule has 1 aromatic heterocycles. The van der Waals surface area contributed by atoms with Crippen molar-refractivity contribution < 1.29 is 5.11 Å². The highest BCUT2D eigenvalue weighted by Crippen LogP contribution is 2.18. The molecule has 0 spiro atoms. The molecule has 0 aromatic carbocycles. The van der Waals surface area contributed by atoms with Gasteiger partial charge in [-0.15, -0.1) is 23.5 Å². The topological polar surface area (TPSA) is 46.0 Å². The third-order valence-electron chi connectivity index (χ3n) is 1.48. The van der Waals surface area contributed by atoms with Crippen molar-refractivity contribution in [3.63, 3.8) is 0 Å². The number of aliphatic hydroxyl groups excluding tert-OH is 1. The Morgan fingerprint density at radius 2 is 1.77 bits per heavy atom. The number of nitrogens with zero attached hydrogens (tertiary/aromatic N) is 2. The van der Waals surface area contributed by atoms with Crippen LogP contribution >= 0.6 is 23.5 Å². The SMILES string of the molecule is CSc1cc(SC)nc(CCO)n1. The summed E-state index contributed by atoms with van der Waals surface area (Å²) in [6.07, 6.45) is 4.49.